The molecule has 0 aromatic heterocycles. The molecule has 1 aliphatic heterocycles. The first-order valence-corrected chi connectivity index (χ1v) is 8.53. The normalized spacial score (nSPS) is 36.7. The van der Waals surface area contributed by atoms with Gasteiger partial charge in [0.15, 0.2) is 5.12 Å². The minimum Gasteiger partial charge on any atom is -0.469 e. The van der Waals surface area contributed by atoms with Crippen molar-refractivity contribution in [1.29, 1.82) is 0 Å². The van der Waals surface area contributed by atoms with Gasteiger partial charge in [-0.25, -0.2) is 0 Å². The van der Waals surface area contributed by atoms with E-state index in [0.717, 1.165) is 11.8 Å². The van der Waals surface area contributed by atoms with Crippen molar-refractivity contribution in [2.24, 2.45) is 23.7 Å². The van der Waals surface area contributed by atoms with Crippen molar-refractivity contribution >= 4 is 34.8 Å². The first-order valence-electron chi connectivity index (χ1n) is 7.55. The van der Waals surface area contributed by atoms with Gasteiger partial charge < -0.3 is 14.2 Å². The van der Waals surface area contributed by atoms with Crippen LogP contribution < -0.4 is 0 Å². The third kappa shape index (κ3) is 2.73. The molecule has 1 heterocycles. The molecule has 6 unspecified atom stereocenters. The molecular weight excluding hydrogens is 324 g/mol. The van der Waals surface area contributed by atoms with Crippen LogP contribution in [0.5, 0.6) is 0 Å². The first kappa shape index (κ1) is 16.3. The number of carbonyl (C=O) groups excluding carboxylic acids is 4. The van der Waals surface area contributed by atoms with E-state index in [9.17, 15) is 19.2 Å². The molecule has 3 fully saturated rings. The molecule has 0 N–H and O–H groups in total. The van der Waals surface area contributed by atoms with Crippen molar-refractivity contribution < 1.29 is 33.4 Å². The fraction of sp³-hybridized carbons (Fsp3) is 0.733. The van der Waals surface area contributed by atoms with Gasteiger partial charge in [-0.05, 0) is 6.42 Å². The third-order valence-corrected chi connectivity index (χ3v) is 5.71. The monoisotopic (exact) mass is 342 g/mol. The molecule has 0 radical (unpaired) electrons. The lowest BCUT2D eigenvalue weighted by atomic mass is 9.78. The number of carbonyl (C=O) groups is 4. The second-order valence-corrected chi connectivity index (χ2v) is 7.36. The molecule has 8 heteroatoms. The molecule has 2 aliphatic carbocycles. The minimum absolute atomic E-state index is 0.0592. The molecule has 6 atom stereocenters. The van der Waals surface area contributed by atoms with Gasteiger partial charge in [0.05, 0.1) is 25.4 Å². The van der Waals surface area contributed by atoms with Crippen LogP contribution >= 0.6 is 11.8 Å². The van der Waals surface area contributed by atoms with E-state index in [1.807, 2.05) is 0 Å². The molecule has 0 aromatic rings. The average Bonchev–Trinajstić information content (AvgIpc) is 3.09. The number of hydrogen-bond donors (Lipinski definition) is 0. The highest BCUT2D eigenvalue weighted by Crippen LogP contribution is 2.58. The molecule has 1 saturated heterocycles. The van der Waals surface area contributed by atoms with E-state index >= 15 is 0 Å². The predicted molar refractivity (Wildman–Crippen MR) is 78.1 cm³/mol. The summed E-state index contributed by atoms with van der Waals surface area (Å²) in [5.41, 5.74) is 0. The highest BCUT2D eigenvalue weighted by atomic mass is 32.2. The summed E-state index contributed by atoms with van der Waals surface area (Å²) < 4.78 is 15.6. The Labute approximate surface area is 137 Å². The van der Waals surface area contributed by atoms with Crippen LogP contribution in [0.4, 0.5) is 0 Å². The summed E-state index contributed by atoms with van der Waals surface area (Å²) in [6.07, 6.45) is -0.323. The van der Waals surface area contributed by atoms with Crippen LogP contribution in [-0.4, -0.2) is 48.1 Å². The summed E-state index contributed by atoms with van der Waals surface area (Å²) >= 11 is 1.06. The highest BCUT2D eigenvalue weighted by Gasteiger charge is 2.70. The maximum absolute atomic E-state index is 12.0. The van der Waals surface area contributed by atoms with Gasteiger partial charge in [-0.1, -0.05) is 11.8 Å². The fourth-order valence-corrected chi connectivity index (χ4v) is 4.65. The Bertz CT molecular complexity index is 560. The summed E-state index contributed by atoms with van der Waals surface area (Å²) in [6, 6.07) is 0. The summed E-state index contributed by atoms with van der Waals surface area (Å²) in [4.78, 5) is 46.8. The quantitative estimate of drug-likeness (QED) is 0.528. The SMILES string of the molecule is COC(=O)C1C2CC3C(OC(=O)C31)C2OC(=O)CCSC(C)=O. The van der Waals surface area contributed by atoms with Crippen LogP contribution in [0.15, 0.2) is 0 Å². The van der Waals surface area contributed by atoms with Crippen molar-refractivity contribution in [3.63, 3.8) is 0 Å². The van der Waals surface area contributed by atoms with Gasteiger partial charge in [0.1, 0.15) is 12.2 Å². The maximum Gasteiger partial charge on any atom is 0.310 e. The van der Waals surface area contributed by atoms with E-state index in [2.05, 4.69) is 0 Å². The van der Waals surface area contributed by atoms with Crippen LogP contribution in [0.2, 0.25) is 0 Å². The average molecular weight is 342 g/mol. The van der Waals surface area contributed by atoms with Crippen molar-refractivity contribution in [1.82, 2.24) is 0 Å². The zero-order valence-corrected chi connectivity index (χ0v) is 13.7. The molecule has 23 heavy (non-hydrogen) atoms. The van der Waals surface area contributed by atoms with Crippen molar-refractivity contribution in [3.05, 3.63) is 0 Å². The molecular formula is C15H18O7S. The number of hydrogen-bond acceptors (Lipinski definition) is 8. The molecule has 3 aliphatic rings. The van der Waals surface area contributed by atoms with Gasteiger partial charge in [-0.15, -0.1) is 0 Å². The minimum atomic E-state index is -0.597. The van der Waals surface area contributed by atoms with Crippen LogP contribution in [0.3, 0.4) is 0 Å². The fourth-order valence-electron chi connectivity index (χ4n) is 4.09. The number of ether oxygens (including phenoxy) is 3. The standard InChI is InChI=1S/C15H18O7S/c1-6(16)23-4-3-9(17)21-12-7-5-8-11(10(7)14(18)20-2)15(19)22-13(8)12/h7-8,10-13H,3-5H2,1-2H3. The van der Waals surface area contributed by atoms with E-state index in [1.165, 1.54) is 14.0 Å². The Morgan fingerprint density at radius 3 is 2.70 bits per heavy atom. The topological polar surface area (TPSA) is 96.0 Å². The van der Waals surface area contributed by atoms with Crippen molar-refractivity contribution in [2.75, 3.05) is 12.9 Å². The highest BCUT2D eigenvalue weighted by molar-refractivity contribution is 8.13. The number of methoxy groups -OCH3 is 1. The zero-order chi connectivity index (χ0) is 16.7. The first-order chi connectivity index (χ1) is 10.9. The van der Waals surface area contributed by atoms with Crippen LogP contribution in [-0.2, 0) is 33.4 Å². The molecule has 0 spiro atoms. The molecule has 3 rings (SSSR count). The summed E-state index contributed by atoms with van der Waals surface area (Å²) in [6.45, 7) is 1.44. The summed E-state index contributed by atoms with van der Waals surface area (Å²) in [5.74, 6) is -2.33. The Balaban J connectivity index is 1.67. The van der Waals surface area contributed by atoms with Gasteiger partial charge >= 0.3 is 17.9 Å². The maximum atomic E-state index is 12.0. The van der Waals surface area contributed by atoms with Gasteiger partial charge in [0.2, 0.25) is 0 Å². The second-order valence-electron chi connectivity index (χ2n) is 6.08. The van der Waals surface area contributed by atoms with Crippen molar-refractivity contribution in [2.45, 2.75) is 32.0 Å². The molecule has 0 amide bonds. The molecule has 2 saturated carbocycles. The number of rotatable bonds is 5. The molecule has 7 nitrogen and oxygen atoms in total. The number of thioether (sulfide) groups is 1. The van der Waals surface area contributed by atoms with E-state index in [-0.39, 0.29) is 23.4 Å². The van der Waals surface area contributed by atoms with Gasteiger partial charge in [-0.3, -0.25) is 19.2 Å². The lowest BCUT2D eigenvalue weighted by molar-refractivity contribution is -0.164. The predicted octanol–water partition coefficient (Wildman–Crippen LogP) is 0.548. The van der Waals surface area contributed by atoms with E-state index in [1.54, 1.807) is 0 Å². The molecule has 126 valence electrons. The number of fused-ring (bicyclic) bond motifs is 1. The summed E-state index contributed by atoms with van der Waals surface area (Å²) in [5, 5.41) is -0.0592. The van der Waals surface area contributed by atoms with Gasteiger partial charge in [0.25, 0.3) is 0 Å². The van der Waals surface area contributed by atoms with E-state index in [0.29, 0.717) is 12.2 Å². The van der Waals surface area contributed by atoms with Gasteiger partial charge in [0, 0.05) is 24.5 Å². The number of esters is 3. The Kier molecular flexibility index (Phi) is 4.35. The molecule has 0 aromatic carbocycles. The van der Waals surface area contributed by atoms with Crippen LogP contribution in [0, 0.1) is 23.7 Å². The zero-order valence-electron chi connectivity index (χ0n) is 12.9. The van der Waals surface area contributed by atoms with E-state index in [4.69, 9.17) is 14.2 Å². The molecule has 2 bridgehead atoms. The van der Waals surface area contributed by atoms with Gasteiger partial charge in [-0.2, -0.15) is 0 Å². The van der Waals surface area contributed by atoms with Crippen molar-refractivity contribution in [3.8, 4) is 0 Å². The lowest BCUT2D eigenvalue weighted by Gasteiger charge is -2.29. The lowest BCUT2D eigenvalue weighted by Crippen LogP contribution is -2.43. The summed E-state index contributed by atoms with van der Waals surface area (Å²) in [7, 11) is 1.28. The third-order valence-electron chi connectivity index (χ3n) is 4.90. The Hall–Kier alpha value is -1.57. The Morgan fingerprint density at radius 1 is 1.30 bits per heavy atom. The van der Waals surface area contributed by atoms with Crippen LogP contribution in [0.1, 0.15) is 19.8 Å². The Morgan fingerprint density at radius 2 is 2.04 bits per heavy atom. The smallest absolute Gasteiger partial charge is 0.310 e. The second kappa shape index (κ2) is 6.14. The van der Waals surface area contributed by atoms with E-state index < -0.39 is 42.0 Å². The van der Waals surface area contributed by atoms with Crippen LogP contribution in [0.25, 0.3) is 0 Å². The largest absolute Gasteiger partial charge is 0.469 e.